The lowest BCUT2D eigenvalue weighted by molar-refractivity contribution is -0.116. The maximum atomic E-state index is 12.3. The predicted molar refractivity (Wildman–Crippen MR) is 97.1 cm³/mol. The lowest BCUT2D eigenvalue weighted by atomic mass is 10.2. The number of fused-ring (bicyclic) bond motifs is 1. The summed E-state index contributed by atoms with van der Waals surface area (Å²) < 4.78 is 7.21. The van der Waals surface area contributed by atoms with E-state index in [1.165, 1.54) is 4.57 Å². The van der Waals surface area contributed by atoms with Gasteiger partial charge in [0.05, 0.1) is 22.4 Å². The monoisotopic (exact) mass is 356 g/mol. The van der Waals surface area contributed by atoms with E-state index in [-0.39, 0.29) is 23.9 Å². The molecule has 0 unspecified atom stereocenters. The molecule has 1 amide bonds. The number of thiazole rings is 1. The van der Waals surface area contributed by atoms with Gasteiger partial charge in [-0.15, -0.1) is 0 Å². The fraction of sp³-hybridized carbons (Fsp3) is 0.167. The summed E-state index contributed by atoms with van der Waals surface area (Å²) in [5, 5.41) is 2.71. The molecule has 0 aliphatic rings. The van der Waals surface area contributed by atoms with Crippen molar-refractivity contribution in [3.63, 3.8) is 0 Å². The Labute approximate surface area is 147 Å². The lowest BCUT2D eigenvalue weighted by Crippen LogP contribution is -2.24. The number of anilines is 1. The van der Waals surface area contributed by atoms with Crippen molar-refractivity contribution in [2.45, 2.75) is 13.5 Å². The van der Waals surface area contributed by atoms with Crippen LogP contribution in [0.25, 0.3) is 10.2 Å². The van der Waals surface area contributed by atoms with Gasteiger partial charge in [0.1, 0.15) is 6.54 Å². The molecular weight excluding hydrogens is 340 g/mol. The second-order valence-electron chi connectivity index (χ2n) is 5.27. The van der Waals surface area contributed by atoms with Crippen molar-refractivity contribution >= 4 is 39.1 Å². The van der Waals surface area contributed by atoms with Gasteiger partial charge in [0, 0.05) is 5.69 Å². The number of nitrogens with zero attached hydrogens (tertiary/aromatic N) is 1. The molecule has 0 aliphatic carbocycles. The molecule has 0 bridgehead atoms. The number of esters is 1. The number of amides is 1. The Kier molecular flexibility index (Phi) is 4.95. The highest BCUT2D eigenvalue weighted by atomic mass is 32.1. The third-order valence-corrected chi connectivity index (χ3v) is 4.49. The van der Waals surface area contributed by atoms with Gasteiger partial charge < -0.3 is 10.1 Å². The van der Waals surface area contributed by atoms with Crippen molar-refractivity contribution in [1.29, 1.82) is 0 Å². The standard InChI is InChI=1S/C18H16N2O4S/c1-2-24-17(22)12-6-5-7-13(10-12)19-16(21)11-20-14-8-3-4-9-15(14)25-18(20)23/h3-10H,2,11H2,1H3,(H,19,21). The Morgan fingerprint density at radius 3 is 2.76 bits per heavy atom. The molecule has 1 aromatic heterocycles. The molecule has 2 aromatic carbocycles. The average Bonchev–Trinajstić information content (AvgIpc) is 2.91. The van der Waals surface area contributed by atoms with Crippen LogP contribution < -0.4 is 10.2 Å². The zero-order valence-electron chi connectivity index (χ0n) is 13.5. The van der Waals surface area contributed by atoms with Gasteiger partial charge in [-0.25, -0.2) is 4.79 Å². The number of hydrogen-bond acceptors (Lipinski definition) is 5. The van der Waals surface area contributed by atoms with Gasteiger partial charge in [0.2, 0.25) is 5.91 Å². The highest BCUT2D eigenvalue weighted by Crippen LogP contribution is 2.17. The Morgan fingerprint density at radius 2 is 1.96 bits per heavy atom. The van der Waals surface area contributed by atoms with Gasteiger partial charge in [-0.05, 0) is 37.3 Å². The normalized spacial score (nSPS) is 10.6. The van der Waals surface area contributed by atoms with Crippen LogP contribution in [0.4, 0.5) is 5.69 Å². The summed E-state index contributed by atoms with van der Waals surface area (Å²) in [6.45, 7) is 1.92. The van der Waals surface area contributed by atoms with E-state index in [1.54, 1.807) is 31.2 Å². The first-order valence-electron chi connectivity index (χ1n) is 7.74. The molecule has 0 aliphatic heterocycles. The van der Waals surface area contributed by atoms with Crippen LogP contribution in [0.5, 0.6) is 0 Å². The van der Waals surface area contributed by atoms with Gasteiger partial charge >= 0.3 is 10.8 Å². The molecule has 0 saturated heterocycles. The summed E-state index contributed by atoms with van der Waals surface area (Å²) >= 11 is 1.11. The number of carbonyl (C=O) groups excluding carboxylic acids is 2. The summed E-state index contributed by atoms with van der Waals surface area (Å²) in [5.74, 6) is -0.787. The molecule has 1 heterocycles. The molecule has 1 N–H and O–H groups in total. The first-order chi connectivity index (χ1) is 12.1. The van der Waals surface area contributed by atoms with Crippen LogP contribution in [0.1, 0.15) is 17.3 Å². The molecule has 0 saturated carbocycles. The van der Waals surface area contributed by atoms with Crippen molar-refractivity contribution in [3.05, 3.63) is 63.8 Å². The van der Waals surface area contributed by atoms with E-state index in [4.69, 9.17) is 4.74 Å². The molecular formula is C18H16N2O4S. The number of nitrogens with one attached hydrogen (secondary N) is 1. The van der Waals surface area contributed by atoms with Crippen LogP contribution in [0.2, 0.25) is 0 Å². The van der Waals surface area contributed by atoms with E-state index in [9.17, 15) is 14.4 Å². The van der Waals surface area contributed by atoms with Gasteiger partial charge in [-0.1, -0.05) is 29.5 Å². The van der Waals surface area contributed by atoms with E-state index in [0.29, 0.717) is 11.3 Å². The highest BCUT2D eigenvalue weighted by Gasteiger charge is 2.12. The maximum absolute atomic E-state index is 12.3. The summed E-state index contributed by atoms with van der Waals surface area (Å²) in [7, 11) is 0. The Balaban J connectivity index is 1.76. The summed E-state index contributed by atoms with van der Waals surface area (Å²) in [6, 6.07) is 13.8. The van der Waals surface area contributed by atoms with E-state index in [0.717, 1.165) is 21.6 Å². The summed E-state index contributed by atoms with van der Waals surface area (Å²) in [4.78, 5) is 35.9. The number of carbonyl (C=O) groups is 2. The SMILES string of the molecule is CCOC(=O)c1cccc(NC(=O)Cn2c(=O)sc3ccccc32)c1. The number of para-hydroxylation sites is 1. The molecule has 7 heteroatoms. The zero-order valence-corrected chi connectivity index (χ0v) is 14.3. The van der Waals surface area contributed by atoms with E-state index < -0.39 is 5.97 Å². The fourth-order valence-corrected chi connectivity index (χ4v) is 3.34. The predicted octanol–water partition coefficient (Wildman–Crippen LogP) is 2.88. The van der Waals surface area contributed by atoms with Crippen LogP contribution in [-0.2, 0) is 16.1 Å². The van der Waals surface area contributed by atoms with E-state index in [1.807, 2.05) is 24.3 Å². The molecule has 25 heavy (non-hydrogen) atoms. The van der Waals surface area contributed by atoms with Gasteiger partial charge in [-0.3, -0.25) is 14.2 Å². The largest absolute Gasteiger partial charge is 0.462 e. The van der Waals surface area contributed by atoms with Crippen molar-refractivity contribution in [2.24, 2.45) is 0 Å². The molecule has 6 nitrogen and oxygen atoms in total. The second-order valence-corrected chi connectivity index (χ2v) is 6.26. The Hall–Kier alpha value is -2.93. The van der Waals surface area contributed by atoms with E-state index >= 15 is 0 Å². The number of rotatable bonds is 5. The highest BCUT2D eigenvalue weighted by molar-refractivity contribution is 7.16. The zero-order chi connectivity index (χ0) is 17.8. The van der Waals surface area contributed by atoms with Gasteiger partial charge in [-0.2, -0.15) is 0 Å². The van der Waals surface area contributed by atoms with Crippen LogP contribution in [-0.4, -0.2) is 23.1 Å². The number of benzene rings is 2. The Bertz CT molecular complexity index is 990. The third kappa shape index (κ3) is 3.77. The average molecular weight is 356 g/mol. The smallest absolute Gasteiger partial charge is 0.338 e. The molecule has 3 aromatic rings. The second kappa shape index (κ2) is 7.31. The Morgan fingerprint density at radius 1 is 1.16 bits per heavy atom. The van der Waals surface area contributed by atoms with Crippen molar-refractivity contribution in [1.82, 2.24) is 4.57 Å². The van der Waals surface area contributed by atoms with Gasteiger partial charge in [0.15, 0.2) is 0 Å². The van der Waals surface area contributed by atoms with E-state index in [2.05, 4.69) is 5.32 Å². The first-order valence-corrected chi connectivity index (χ1v) is 8.55. The summed E-state index contributed by atoms with van der Waals surface area (Å²) in [5.41, 5.74) is 1.56. The number of hydrogen-bond donors (Lipinski definition) is 1. The molecule has 128 valence electrons. The minimum Gasteiger partial charge on any atom is -0.462 e. The minimum atomic E-state index is -0.446. The molecule has 0 spiro atoms. The van der Waals surface area contributed by atoms with Crippen molar-refractivity contribution < 1.29 is 14.3 Å². The van der Waals surface area contributed by atoms with Crippen molar-refractivity contribution in [2.75, 3.05) is 11.9 Å². The summed E-state index contributed by atoms with van der Waals surface area (Å²) in [6.07, 6.45) is 0. The molecule has 0 fully saturated rings. The quantitative estimate of drug-likeness (QED) is 0.713. The third-order valence-electron chi connectivity index (χ3n) is 3.53. The number of ether oxygens (including phenoxy) is 1. The van der Waals surface area contributed by atoms with Crippen LogP contribution in [0.3, 0.4) is 0 Å². The topological polar surface area (TPSA) is 77.4 Å². The van der Waals surface area contributed by atoms with Crippen LogP contribution in [0.15, 0.2) is 53.3 Å². The fourth-order valence-electron chi connectivity index (χ4n) is 2.45. The molecule has 3 rings (SSSR count). The maximum Gasteiger partial charge on any atom is 0.338 e. The van der Waals surface area contributed by atoms with Crippen LogP contribution in [0, 0.1) is 0 Å². The molecule has 0 atom stereocenters. The first kappa shape index (κ1) is 16.9. The lowest BCUT2D eigenvalue weighted by Gasteiger charge is -2.08. The number of aromatic nitrogens is 1. The van der Waals surface area contributed by atoms with Crippen molar-refractivity contribution in [3.8, 4) is 0 Å². The van der Waals surface area contributed by atoms with Gasteiger partial charge in [0.25, 0.3) is 0 Å². The van der Waals surface area contributed by atoms with Crippen LogP contribution >= 0.6 is 11.3 Å². The minimum absolute atomic E-state index is 0.0908. The molecule has 0 radical (unpaired) electrons.